The zero-order valence-corrected chi connectivity index (χ0v) is 11.9. The van der Waals surface area contributed by atoms with Crippen LogP contribution in [0.25, 0.3) is 0 Å². The van der Waals surface area contributed by atoms with Gasteiger partial charge in [0, 0.05) is 12.0 Å². The molecule has 0 aromatic carbocycles. The van der Waals surface area contributed by atoms with E-state index in [-0.39, 0.29) is 17.9 Å². The lowest BCUT2D eigenvalue weighted by Crippen LogP contribution is -2.45. The van der Waals surface area contributed by atoms with Crippen LogP contribution in [-0.2, 0) is 4.79 Å². The monoisotopic (exact) mass is 256 g/mol. The Bertz CT molecular complexity index is 283. The van der Waals surface area contributed by atoms with Crippen LogP contribution in [0.3, 0.4) is 0 Å². The van der Waals surface area contributed by atoms with Gasteiger partial charge in [0.1, 0.15) is 0 Å². The smallest absolute Gasteiger partial charge is 0.226 e. The zero-order valence-electron chi connectivity index (χ0n) is 11.1. The van der Waals surface area contributed by atoms with Crippen LogP contribution in [0.5, 0.6) is 0 Å². The molecule has 17 heavy (non-hydrogen) atoms. The minimum atomic E-state index is 0.170. The second-order valence-electron chi connectivity index (χ2n) is 5.48. The highest BCUT2D eigenvalue weighted by atomic mass is 32.1. The van der Waals surface area contributed by atoms with Gasteiger partial charge in [-0.1, -0.05) is 19.1 Å². The summed E-state index contributed by atoms with van der Waals surface area (Å²) in [4.78, 5) is 14.6. The van der Waals surface area contributed by atoms with E-state index in [1.54, 1.807) is 0 Å². The standard InChI is InChI=1S/C13H24N2OS/c1-9(2)15(8-12(14)17)13(16)11-6-4-10(3)5-7-11/h9-11H,4-8H2,1-3H3,(H2,14,17). The topological polar surface area (TPSA) is 46.3 Å². The number of amides is 1. The van der Waals surface area contributed by atoms with Crippen molar-refractivity contribution in [2.75, 3.05) is 6.54 Å². The van der Waals surface area contributed by atoms with Gasteiger partial charge in [0.15, 0.2) is 0 Å². The van der Waals surface area contributed by atoms with Gasteiger partial charge in [-0.25, -0.2) is 0 Å². The highest BCUT2D eigenvalue weighted by molar-refractivity contribution is 7.80. The van der Waals surface area contributed by atoms with Crippen molar-refractivity contribution in [2.24, 2.45) is 17.6 Å². The molecule has 0 heterocycles. The number of nitrogens with zero attached hydrogens (tertiary/aromatic N) is 1. The van der Waals surface area contributed by atoms with Gasteiger partial charge in [-0.3, -0.25) is 4.79 Å². The fourth-order valence-corrected chi connectivity index (χ4v) is 2.56. The van der Waals surface area contributed by atoms with Gasteiger partial charge in [0.2, 0.25) is 5.91 Å². The van der Waals surface area contributed by atoms with E-state index in [2.05, 4.69) is 6.92 Å². The first-order valence-corrected chi connectivity index (χ1v) is 6.91. The van der Waals surface area contributed by atoms with Crippen molar-refractivity contribution in [1.29, 1.82) is 0 Å². The fraction of sp³-hybridized carbons (Fsp3) is 0.846. The lowest BCUT2D eigenvalue weighted by Gasteiger charge is -2.33. The fourth-order valence-electron chi connectivity index (χ4n) is 2.42. The Morgan fingerprint density at radius 3 is 2.29 bits per heavy atom. The quantitative estimate of drug-likeness (QED) is 0.785. The summed E-state index contributed by atoms with van der Waals surface area (Å²) in [6.45, 7) is 6.71. The zero-order chi connectivity index (χ0) is 13.0. The highest BCUT2D eigenvalue weighted by Gasteiger charge is 2.29. The predicted molar refractivity (Wildman–Crippen MR) is 74.8 cm³/mol. The largest absolute Gasteiger partial charge is 0.392 e. The van der Waals surface area contributed by atoms with Crippen molar-refractivity contribution in [3.63, 3.8) is 0 Å². The van der Waals surface area contributed by atoms with Crippen LogP contribution in [0.1, 0.15) is 46.5 Å². The maximum atomic E-state index is 12.4. The number of hydrogen-bond donors (Lipinski definition) is 1. The lowest BCUT2D eigenvalue weighted by molar-refractivity contribution is -0.137. The highest BCUT2D eigenvalue weighted by Crippen LogP contribution is 2.29. The molecule has 0 aromatic rings. The normalized spacial score (nSPS) is 24.7. The van der Waals surface area contributed by atoms with Crippen LogP contribution >= 0.6 is 12.2 Å². The van der Waals surface area contributed by atoms with Crippen LogP contribution < -0.4 is 5.73 Å². The van der Waals surface area contributed by atoms with Gasteiger partial charge in [-0.05, 0) is 45.4 Å². The van der Waals surface area contributed by atoms with Crippen molar-refractivity contribution in [1.82, 2.24) is 4.90 Å². The Labute approximate surface area is 110 Å². The predicted octanol–water partition coefficient (Wildman–Crippen LogP) is 2.34. The molecule has 1 fully saturated rings. The van der Waals surface area contributed by atoms with Crippen molar-refractivity contribution >= 4 is 23.1 Å². The average molecular weight is 256 g/mol. The van der Waals surface area contributed by atoms with Crippen LogP contribution in [0.2, 0.25) is 0 Å². The van der Waals surface area contributed by atoms with Gasteiger partial charge >= 0.3 is 0 Å². The molecule has 3 nitrogen and oxygen atoms in total. The molecule has 1 aliphatic rings. The van der Waals surface area contributed by atoms with Crippen LogP contribution in [0, 0.1) is 11.8 Å². The number of rotatable bonds is 4. The molecule has 1 saturated carbocycles. The molecular formula is C13H24N2OS. The van der Waals surface area contributed by atoms with E-state index in [0.29, 0.717) is 11.5 Å². The lowest BCUT2D eigenvalue weighted by atomic mass is 9.82. The number of hydrogen-bond acceptors (Lipinski definition) is 2. The van der Waals surface area contributed by atoms with Crippen molar-refractivity contribution in [3.8, 4) is 0 Å². The van der Waals surface area contributed by atoms with Crippen LogP contribution in [-0.4, -0.2) is 28.4 Å². The van der Waals surface area contributed by atoms with Gasteiger partial charge in [0.25, 0.3) is 0 Å². The van der Waals surface area contributed by atoms with Gasteiger partial charge in [-0.15, -0.1) is 0 Å². The summed E-state index contributed by atoms with van der Waals surface area (Å²) in [5, 5.41) is 0. The minimum Gasteiger partial charge on any atom is -0.392 e. The van der Waals surface area contributed by atoms with Crippen molar-refractivity contribution < 1.29 is 4.79 Å². The minimum absolute atomic E-state index is 0.170. The van der Waals surface area contributed by atoms with E-state index in [9.17, 15) is 4.79 Å². The molecule has 0 unspecified atom stereocenters. The van der Waals surface area contributed by atoms with Crippen molar-refractivity contribution in [2.45, 2.75) is 52.5 Å². The maximum absolute atomic E-state index is 12.4. The Kier molecular flexibility index (Phi) is 5.37. The molecule has 0 atom stereocenters. The first-order valence-electron chi connectivity index (χ1n) is 6.50. The molecule has 4 heteroatoms. The molecule has 0 spiro atoms. The van der Waals surface area contributed by atoms with Crippen molar-refractivity contribution in [3.05, 3.63) is 0 Å². The average Bonchev–Trinajstić information content (AvgIpc) is 2.25. The Morgan fingerprint density at radius 2 is 1.88 bits per heavy atom. The summed E-state index contributed by atoms with van der Waals surface area (Å²) in [6.07, 6.45) is 4.35. The third-order valence-corrected chi connectivity index (χ3v) is 3.73. The Morgan fingerprint density at radius 1 is 1.35 bits per heavy atom. The van der Waals surface area contributed by atoms with E-state index < -0.39 is 0 Å². The summed E-state index contributed by atoms with van der Waals surface area (Å²) in [5.41, 5.74) is 5.56. The molecule has 1 amide bonds. The first kappa shape index (κ1) is 14.4. The summed E-state index contributed by atoms with van der Waals surface area (Å²) in [7, 11) is 0. The van der Waals surface area contributed by atoms with E-state index in [1.165, 1.54) is 0 Å². The van der Waals surface area contributed by atoms with Crippen LogP contribution in [0.15, 0.2) is 0 Å². The van der Waals surface area contributed by atoms with E-state index >= 15 is 0 Å². The number of nitrogens with two attached hydrogens (primary N) is 1. The molecule has 0 aliphatic heterocycles. The number of carbonyl (C=O) groups is 1. The molecule has 2 N–H and O–H groups in total. The molecule has 0 aromatic heterocycles. The molecule has 0 saturated heterocycles. The number of carbonyl (C=O) groups excluding carboxylic acids is 1. The third-order valence-electron chi connectivity index (χ3n) is 3.60. The van der Waals surface area contributed by atoms with Gasteiger partial charge in [0.05, 0.1) is 11.5 Å². The molecule has 1 rings (SSSR count). The van der Waals surface area contributed by atoms with E-state index in [4.69, 9.17) is 18.0 Å². The van der Waals surface area contributed by atoms with E-state index in [0.717, 1.165) is 31.6 Å². The molecule has 0 bridgehead atoms. The summed E-state index contributed by atoms with van der Waals surface area (Å²) in [5.74, 6) is 1.18. The molecule has 1 aliphatic carbocycles. The summed E-state index contributed by atoms with van der Waals surface area (Å²) < 4.78 is 0. The summed E-state index contributed by atoms with van der Waals surface area (Å²) in [6, 6.07) is 0.170. The molecular weight excluding hydrogens is 232 g/mol. The number of thiocarbonyl (C=S) groups is 1. The first-order chi connectivity index (χ1) is 7.91. The summed E-state index contributed by atoms with van der Waals surface area (Å²) >= 11 is 4.91. The van der Waals surface area contributed by atoms with E-state index in [1.807, 2.05) is 18.7 Å². The maximum Gasteiger partial charge on any atom is 0.226 e. The second-order valence-corrected chi connectivity index (χ2v) is 6.01. The SMILES string of the molecule is CC1CCC(C(=O)N(CC(N)=S)C(C)C)CC1. The van der Waals surface area contributed by atoms with Gasteiger partial charge < -0.3 is 10.6 Å². The van der Waals surface area contributed by atoms with Gasteiger partial charge in [-0.2, -0.15) is 0 Å². The molecule has 0 radical (unpaired) electrons. The third kappa shape index (κ3) is 4.26. The Hall–Kier alpha value is -0.640. The molecule has 98 valence electrons. The Balaban J connectivity index is 2.61. The second kappa shape index (κ2) is 6.34. The van der Waals surface area contributed by atoms with Crippen LogP contribution in [0.4, 0.5) is 0 Å².